The van der Waals surface area contributed by atoms with E-state index >= 15 is 0 Å². The predicted octanol–water partition coefficient (Wildman–Crippen LogP) is 3.39. The van der Waals surface area contributed by atoms with Gasteiger partial charge in [-0.15, -0.1) is 0 Å². The molecule has 0 unspecified atom stereocenters. The van der Waals surface area contributed by atoms with E-state index < -0.39 is 6.61 Å². The van der Waals surface area contributed by atoms with Gasteiger partial charge < -0.3 is 10.5 Å². The van der Waals surface area contributed by atoms with E-state index in [-0.39, 0.29) is 28.1 Å². The minimum absolute atomic E-state index is 0.00237. The minimum Gasteiger partial charge on any atom is -0.433 e. The smallest absolute Gasteiger partial charge is 0.387 e. The standard InChI is InChI=1S/C12H14ClF2NO/c1-12(2)9(10(12)16)6-3-4-8(7(13)5-6)17-11(14)15/h3-5,9-11H,16H2,1-2H3/t9-,10-/m1/s1. The lowest BCUT2D eigenvalue weighted by atomic mass is 10.0. The Balaban J connectivity index is 2.21. The second kappa shape index (κ2) is 4.10. The third kappa shape index (κ3) is 2.24. The molecule has 2 N–H and O–H groups in total. The van der Waals surface area contributed by atoms with Crippen molar-refractivity contribution >= 4 is 11.6 Å². The van der Waals surface area contributed by atoms with E-state index in [9.17, 15) is 8.78 Å². The Hall–Kier alpha value is -0.870. The van der Waals surface area contributed by atoms with Crippen molar-refractivity contribution < 1.29 is 13.5 Å². The van der Waals surface area contributed by atoms with Crippen LogP contribution in [0.25, 0.3) is 0 Å². The molecule has 1 aromatic carbocycles. The van der Waals surface area contributed by atoms with Crippen molar-refractivity contribution in [2.75, 3.05) is 0 Å². The molecule has 2 atom stereocenters. The van der Waals surface area contributed by atoms with Crippen molar-refractivity contribution in [2.45, 2.75) is 32.4 Å². The Bertz CT molecular complexity index is 437. The van der Waals surface area contributed by atoms with Gasteiger partial charge in [0.05, 0.1) is 5.02 Å². The van der Waals surface area contributed by atoms with Gasteiger partial charge in [0.25, 0.3) is 0 Å². The predicted molar refractivity (Wildman–Crippen MR) is 62.6 cm³/mol. The molecule has 0 bridgehead atoms. The van der Waals surface area contributed by atoms with Gasteiger partial charge in [-0.05, 0) is 23.1 Å². The first-order valence-corrected chi connectivity index (χ1v) is 5.71. The lowest BCUT2D eigenvalue weighted by Gasteiger charge is -2.09. The van der Waals surface area contributed by atoms with Gasteiger partial charge in [0, 0.05) is 12.0 Å². The van der Waals surface area contributed by atoms with Crippen molar-refractivity contribution in [1.29, 1.82) is 0 Å². The maximum Gasteiger partial charge on any atom is 0.387 e. The highest BCUT2D eigenvalue weighted by Gasteiger charge is 2.56. The van der Waals surface area contributed by atoms with Crippen LogP contribution in [0.2, 0.25) is 5.02 Å². The van der Waals surface area contributed by atoms with Crippen LogP contribution in [0.4, 0.5) is 8.78 Å². The molecule has 1 aliphatic rings. The summed E-state index contributed by atoms with van der Waals surface area (Å²) in [5.41, 5.74) is 6.95. The number of ether oxygens (including phenoxy) is 1. The SMILES string of the molecule is CC1(C)[C@H](N)[C@H]1c1ccc(OC(F)F)c(Cl)c1. The average Bonchev–Trinajstić information content (AvgIpc) is 2.69. The Morgan fingerprint density at radius 3 is 2.41 bits per heavy atom. The Morgan fingerprint density at radius 1 is 1.41 bits per heavy atom. The van der Waals surface area contributed by atoms with E-state index in [0.717, 1.165) is 5.56 Å². The fourth-order valence-electron chi connectivity index (χ4n) is 2.22. The van der Waals surface area contributed by atoms with E-state index in [1.54, 1.807) is 12.1 Å². The van der Waals surface area contributed by atoms with E-state index in [1.807, 2.05) is 0 Å². The molecule has 0 radical (unpaired) electrons. The highest BCUT2D eigenvalue weighted by molar-refractivity contribution is 6.32. The first-order valence-electron chi connectivity index (χ1n) is 5.34. The quantitative estimate of drug-likeness (QED) is 0.905. The molecule has 0 spiro atoms. The molecule has 0 aliphatic heterocycles. The lowest BCUT2D eigenvalue weighted by Crippen LogP contribution is -2.06. The molecule has 1 aliphatic carbocycles. The van der Waals surface area contributed by atoms with Crippen molar-refractivity contribution in [1.82, 2.24) is 0 Å². The summed E-state index contributed by atoms with van der Waals surface area (Å²) < 4.78 is 28.4. The highest BCUT2D eigenvalue weighted by atomic mass is 35.5. The van der Waals surface area contributed by atoms with Crippen molar-refractivity contribution in [2.24, 2.45) is 11.1 Å². The number of halogens is 3. The average molecular weight is 262 g/mol. The van der Waals surface area contributed by atoms with Crippen LogP contribution in [-0.2, 0) is 0 Å². The molecule has 17 heavy (non-hydrogen) atoms. The molecule has 1 fully saturated rings. The number of nitrogens with two attached hydrogens (primary N) is 1. The van der Waals surface area contributed by atoms with Gasteiger partial charge in [-0.25, -0.2) is 0 Å². The zero-order chi connectivity index (χ0) is 12.8. The Kier molecular flexibility index (Phi) is 3.04. The van der Waals surface area contributed by atoms with Gasteiger partial charge in [0.1, 0.15) is 5.75 Å². The van der Waals surface area contributed by atoms with Gasteiger partial charge in [-0.2, -0.15) is 8.78 Å². The fourth-order valence-corrected chi connectivity index (χ4v) is 2.45. The van der Waals surface area contributed by atoms with Crippen molar-refractivity contribution in [3.8, 4) is 5.75 Å². The molecule has 1 saturated carbocycles. The molecular weight excluding hydrogens is 248 g/mol. The second-order valence-electron chi connectivity index (χ2n) is 4.89. The summed E-state index contributed by atoms with van der Waals surface area (Å²) in [5.74, 6) is 0.220. The van der Waals surface area contributed by atoms with Crippen LogP contribution in [0.15, 0.2) is 18.2 Å². The zero-order valence-electron chi connectivity index (χ0n) is 9.58. The zero-order valence-corrected chi connectivity index (χ0v) is 10.3. The maximum atomic E-state index is 12.1. The molecule has 1 aromatic rings. The summed E-state index contributed by atoms with van der Waals surface area (Å²) in [6.45, 7) is 1.28. The van der Waals surface area contributed by atoms with Gasteiger partial charge in [0.2, 0.25) is 0 Å². The van der Waals surface area contributed by atoms with Gasteiger partial charge in [-0.3, -0.25) is 0 Å². The molecule has 0 aromatic heterocycles. The van der Waals surface area contributed by atoms with Crippen molar-refractivity contribution in [3.05, 3.63) is 28.8 Å². The van der Waals surface area contributed by atoms with Crippen LogP contribution >= 0.6 is 11.6 Å². The molecule has 0 amide bonds. The Labute approximate surface area is 104 Å². The summed E-state index contributed by atoms with van der Waals surface area (Å²) in [6, 6.07) is 4.94. The second-order valence-corrected chi connectivity index (χ2v) is 5.30. The first kappa shape index (κ1) is 12.6. The molecule has 0 saturated heterocycles. The van der Waals surface area contributed by atoms with E-state index in [2.05, 4.69) is 18.6 Å². The monoisotopic (exact) mass is 261 g/mol. The van der Waals surface area contributed by atoms with Crippen LogP contribution in [-0.4, -0.2) is 12.7 Å². The number of hydrogen-bond donors (Lipinski definition) is 1. The summed E-state index contributed by atoms with van der Waals surface area (Å²) >= 11 is 5.89. The highest BCUT2D eigenvalue weighted by Crippen LogP contribution is 2.57. The number of hydrogen-bond acceptors (Lipinski definition) is 2. The van der Waals surface area contributed by atoms with Crippen molar-refractivity contribution in [3.63, 3.8) is 0 Å². The molecule has 0 heterocycles. The van der Waals surface area contributed by atoms with Crippen LogP contribution in [0.5, 0.6) is 5.75 Å². The largest absolute Gasteiger partial charge is 0.433 e. The van der Waals surface area contributed by atoms with E-state index in [4.69, 9.17) is 17.3 Å². The topological polar surface area (TPSA) is 35.2 Å². The number of rotatable bonds is 3. The molecule has 94 valence electrons. The first-order chi connectivity index (χ1) is 7.84. The Morgan fingerprint density at radius 2 is 2.00 bits per heavy atom. The number of benzene rings is 1. The minimum atomic E-state index is -2.86. The summed E-state index contributed by atoms with van der Waals surface area (Å²) in [7, 11) is 0. The van der Waals surface area contributed by atoms with Crippen LogP contribution < -0.4 is 10.5 Å². The molecule has 2 nitrogen and oxygen atoms in total. The van der Waals surface area contributed by atoms with Crippen LogP contribution in [0.3, 0.4) is 0 Å². The lowest BCUT2D eigenvalue weighted by molar-refractivity contribution is -0.0497. The summed E-state index contributed by atoms with van der Waals surface area (Å²) in [4.78, 5) is 0. The van der Waals surface area contributed by atoms with E-state index in [1.165, 1.54) is 6.07 Å². The van der Waals surface area contributed by atoms with Gasteiger partial charge in [-0.1, -0.05) is 31.5 Å². The summed E-state index contributed by atoms with van der Waals surface area (Å²) in [5, 5.41) is 0.192. The maximum absolute atomic E-state index is 12.1. The van der Waals surface area contributed by atoms with Crippen LogP contribution in [0.1, 0.15) is 25.3 Å². The van der Waals surface area contributed by atoms with E-state index in [0.29, 0.717) is 0 Å². The molecule has 2 rings (SSSR count). The fraction of sp³-hybridized carbons (Fsp3) is 0.500. The summed E-state index contributed by atoms with van der Waals surface area (Å²) in [6.07, 6.45) is 0. The molecular formula is C12H14ClF2NO. The van der Waals surface area contributed by atoms with Gasteiger partial charge in [0.15, 0.2) is 0 Å². The van der Waals surface area contributed by atoms with Crippen LogP contribution in [0, 0.1) is 5.41 Å². The molecule has 5 heteroatoms. The number of alkyl halides is 2. The van der Waals surface area contributed by atoms with Gasteiger partial charge >= 0.3 is 6.61 Å². The third-order valence-electron chi connectivity index (χ3n) is 3.44. The third-order valence-corrected chi connectivity index (χ3v) is 3.74. The normalized spacial score (nSPS) is 26.1.